The second kappa shape index (κ2) is 3.03. The molecule has 68 valence electrons. The number of rotatable bonds is 1. The van der Waals surface area contributed by atoms with E-state index < -0.39 is 0 Å². The van der Waals surface area contributed by atoms with Crippen LogP contribution in [0.2, 0.25) is 0 Å². The zero-order chi connectivity index (χ0) is 9.42. The summed E-state index contributed by atoms with van der Waals surface area (Å²) in [5, 5.41) is 0.826. The molecule has 0 radical (unpaired) electrons. The van der Waals surface area contributed by atoms with E-state index in [0.29, 0.717) is 0 Å². The van der Waals surface area contributed by atoms with Crippen LogP contribution >= 0.6 is 11.8 Å². The Morgan fingerprint density at radius 2 is 2.23 bits per heavy atom. The van der Waals surface area contributed by atoms with Crippen LogP contribution in [0.5, 0.6) is 0 Å². The Morgan fingerprint density at radius 1 is 1.46 bits per heavy atom. The van der Waals surface area contributed by atoms with Crippen molar-refractivity contribution in [1.82, 2.24) is 9.38 Å². The lowest BCUT2D eigenvalue weighted by Gasteiger charge is -1.96. The Morgan fingerprint density at radius 3 is 2.92 bits per heavy atom. The highest BCUT2D eigenvalue weighted by atomic mass is 32.2. The quantitative estimate of drug-likeness (QED) is 0.652. The Balaban J connectivity index is 2.81. The van der Waals surface area contributed by atoms with Gasteiger partial charge in [-0.25, -0.2) is 9.37 Å². The minimum atomic E-state index is -0.236. The van der Waals surface area contributed by atoms with E-state index in [2.05, 4.69) is 4.98 Å². The average Bonchev–Trinajstić information content (AvgIpc) is 2.42. The van der Waals surface area contributed by atoms with Crippen LogP contribution < -0.4 is 0 Å². The van der Waals surface area contributed by atoms with E-state index in [1.807, 2.05) is 13.2 Å². The molecular weight excluding hydrogens is 187 g/mol. The number of hydrogen-bond acceptors (Lipinski definition) is 2. The predicted octanol–water partition coefficient (Wildman–Crippen LogP) is 2.50. The lowest BCUT2D eigenvalue weighted by atomic mass is 10.3. The molecule has 0 amide bonds. The molecule has 0 aliphatic heterocycles. The molecular formula is C9H9FN2S. The van der Waals surface area contributed by atoms with Crippen LogP contribution in [0.4, 0.5) is 4.39 Å². The van der Waals surface area contributed by atoms with E-state index in [1.165, 1.54) is 24.0 Å². The lowest BCUT2D eigenvalue weighted by molar-refractivity contribution is 0.616. The van der Waals surface area contributed by atoms with Crippen LogP contribution in [0.3, 0.4) is 0 Å². The molecule has 2 aromatic heterocycles. The maximum Gasteiger partial charge on any atom is 0.172 e. The summed E-state index contributed by atoms with van der Waals surface area (Å²) < 4.78 is 14.7. The zero-order valence-corrected chi connectivity index (χ0v) is 8.23. The van der Waals surface area contributed by atoms with Gasteiger partial charge in [-0.3, -0.25) is 4.40 Å². The monoisotopic (exact) mass is 196 g/mol. The van der Waals surface area contributed by atoms with E-state index in [4.69, 9.17) is 0 Å². The number of halogens is 1. The second-order valence-corrected chi connectivity index (χ2v) is 3.56. The molecule has 2 nitrogen and oxygen atoms in total. The first-order chi connectivity index (χ1) is 6.22. The summed E-state index contributed by atoms with van der Waals surface area (Å²) in [6.07, 6.45) is 3.39. The number of aromatic nitrogens is 2. The molecule has 4 heteroatoms. The molecule has 2 heterocycles. The van der Waals surface area contributed by atoms with Crippen molar-refractivity contribution in [3.63, 3.8) is 0 Å². The van der Waals surface area contributed by atoms with Gasteiger partial charge in [-0.1, -0.05) is 11.8 Å². The lowest BCUT2D eigenvalue weighted by Crippen LogP contribution is -1.87. The second-order valence-electron chi connectivity index (χ2n) is 2.79. The van der Waals surface area contributed by atoms with E-state index in [0.717, 1.165) is 16.4 Å². The Kier molecular flexibility index (Phi) is 2.00. The summed E-state index contributed by atoms with van der Waals surface area (Å²) in [6, 6.07) is 3.20. The third-order valence-corrected chi connectivity index (χ3v) is 2.59. The number of nitrogens with zero attached hydrogens (tertiary/aromatic N) is 2. The summed E-state index contributed by atoms with van der Waals surface area (Å²) in [7, 11) is 0. The molecule has 0 N–H and O–H groups in total. The summed E-state index contributed by atoms with van der Waals surface area (Å²) in [4.78, 5) is 4.31. The SMILES string of the molecule is CSc1nc(C)c2ccc(F)cn12. The molecule has 0 aromatic carbocycles. The average molecular weight is 196 g/mol. The number of fused-ring (bicyclic) bond motifs is 1. The van der Waals surface area contributed by atoms with Crippen molar-refractivity contribution in [1.29, 1.82) is 0 Å². The maximum absolute atomic E-state index is 12.9. The van der Waals surface area contributed by atoms with Gasteiger partial charge in [-0.05, 0) is 25.3 Å². The summed E-state index contributed by atoms with van der Waals surface area (Å²) in [6.45, 7) is 1.92. The van der Waals surface area contributed by atoms with E-state index in [-0.39, 0.29) is 5.82 Å². The summed E-state index contributed by atoms with van der Waals surface area (Å²) >= 11 is 1.51. The van der Waals surface area contributed by atoms with Crippen LogP contribution in [0.15, 0.2) is 23.5 Å². The fourth-order valence-electron chi connectivity index (χ4n) is 1.33. The third-order valence-electron chi connectivity index (χ3n) is 1.94. The smallest absolute Gasteiger partial charge is 0.172 e. The van der Waals surface area contributed by atoms with Gasteiger partial charge in [-0.15, -0.1) is 0 Å². The van der Waals surface area contributed by atoms with Gasteiger partial charge in [0.05, 0.1) is 11.2 Å². The molecule has 0 fully saturated rings. The molecule has 2 aromatic rings. The first-order valence-corrected chi connectivity index (χ1v) is 5.13. The third kappa shape index (κ3) is 1.31. The molecule has 0 bridgehead atoms. The minimum Gasteiger partial charge on any atom is -0.292 e. The topological polar surface area (TPSA) is 17.3 Å². The highest BCUT2D eigenvalue weighted by Crippen LogP contribution is 2.19. The highest BCUT2D eigenvalue weighted by molar-refractivity contribution is 7.98. The van der Waals surface area contributed by atoms with Crippen LogP contribution in [-0.4, -0.2) is 15.6 Å². The van der Waals surface area contributed by atoms with Gasteiger partial charge in [0.15, 0.2) is 5.16 Å². The predicted molar refractivity (Wildman–Crippen MR) is 51.7 cm³/mol. The molecule has 0 saturated carbocycles. The first kappa shape index (κ1) is 8.56. The van der Waals surface area contributed by atoms with E-state index in [1.54, 1.807) is 10.5 Å². The van der Waals surface area contributed by atoms with E-state index in [9.17, 15) is 4.39 Å². The molecule has 0 aliphatic rings. The minimum absolute atomic E-state index is 0.236. The largest absolute Gasteiger partial charge is 0.292 e. The van der Waals surface area contributed by atoms with Crippen molar-refractivity contribution in [2.75, 3.05) is 6.26 Å². The number of imidazole rings is 1. The van der Waals surface area contributed by atoms with Crippen molar-refractivity contribution in [3.8, 4) is 0 Å². The van der Waals surface area contributed by atoms with Gasteiger partial charge in [-0.2, -0.15) is 0 Å². The number of thioether (sulfide) groups is 1. The van der Waals surface area contributed by atoms with Crippen LogP contribution in [0.25, 0.3) is 5.52 Å². The summed E-state index contributed by atoms with van der Waals surface area (Å²) in [5.74, 6) is -0.236. The Bertz CT molecular complexity index is 450. The van der Waals surface area contributed by atoms with Gasteiger partial charge in [0.1, 0.15) is 5.82 Å². The van der Waals surface area contributed by atoms with Gasteiger partial charge in [0.25, 0.3) is 0 Å². The van der Waals surface area contributed by atoms with Gasteiger partial charge < -0.3 is 0 Å². The van der Waals surface area contributed by atoms with E-state index >= 15 is 0 Å². The van der Waals surface area contributed by atoms with Crippen molar-refractivity contribution < 1.29 is 4.39 Å². The molecule has 0 spiro atoms. The summed E-state index contributed by atoms with van der Waals surface area (Å²) in [5.41, 5.74) is 1.90. The van der Waals surface area contributed by atoms with Gasteiger partial charge in [0, 0.05) is 6.20 Å². The number of pyridine rings is 1. The van der Waals surface area contributed by atoms with Gasteiger partial charge >= 0.3 is 0 Å². The Hall–Kier alpha value is -1.03. The molecule has 0 unspecified atom stereocenters. The molecule has 0 saturated heterocycles. The standard InChI is InChI=1S/C9H9FN2S/c1-6-8-4-3-7(10)5-12(8)9(11-6)13-2/h3-5H,1-2H3. The van der Waals surface area contributed by atoms with Crippen LogP contribution in [-0.2, 0) is 0 Å². The molecule has 0 atom stereocenters. The first-order valence-electron chi connectivity index (χ1n) is 3.90. The van der Waals surface area contributed by atoms with Crippen molar-refractivity contribution >= 4 is 17.3 Å². The van der Waals surface area contributed by atoms with Crippen LogP contribution in [0, 0.1) is 12.7 Å². The highest BCUT2D eigenvalue weighted by Gasteiger charge is 2.06. The Labute approximate surface area is 79.8 Å². The zero-order valence-electron chi connectivity index (χ0n) is 7.41. The van der Waals surface area contributed by atoms with Crippen molar-refractivity contribution in [2.45, 2.75) is 12.1 Å². The number of aryl methyl sites for hydroxylation is 1. The number of hydrogen-bond donors (Lipinski definition) is 0. The van der Waals surface area contributed by atoms with Gasteiger partial charge in [0.2, 0.25) is 0 Å². The molecule has 13 heavy (non-hydrogen) atoms. The fourth-order valence-corrected chi connectivity index (χ4v) is 1.90. The van der Waals surface area contributed by atoms with Crippen molar-refractivity contribution in [3.05, 3.63) is 29.8 Å². The van der Waals surface area contributed by atoms with Crippen LogP contribution in [0.1, 0.15) is 5.69 Å². The molecule has 0 aliphatic carbocycles. The normalized spacial score (nSPS) is 11.0. The molecule has 2 rings (SSSR count). The fraction of sp³-hybridized carbons (Fsp3) is 0.222. The van der Waals surface area contributed by atoms with Crippen molar-refractivity contribution in [2.24, 2.45) is 0 Å². The maximum atomic E-state index is 12.9.